The van der Waals surface area contributed by atoms with Crippen molar-refractivity contribution < 1.29 is 0 Å². The van der Waals surface area contributed by atoms with Crippen molar-refractivity contribution in [3.05, 3.63) is 134 Å². The minimum atomic E-state index is 0.0620. The fraction of sp³-hybridized carbons (Fsp3) is 0. The molecule has 0 unspecified atom stereocenters. The van der Waals surface area contributed by atoms with Gasteiger partial charge in [0.25, 0.3) is 0 Å². The molecular weight excluding hydrogens is 517 g/mol. The number of pyridine rings is 1. The molecule has 4 heterocycles. The Balaban J connectivity index is 1.33. The fourth-order valence-electron chi connectivity index (χ4n) is 6.55. The van der Waals surface area contributed by atoms with E-state index >= 15 is 0 Å². The molecule has 5 aromatic carbocycles. The summed E-state index contributed by atoms with van der Waals surface area (Å²) in [6, 6.07) is 45.9. The Labute approximate surface area is 242 Å². The van der Waals surface area contributed by atoms with Crippen LogP contribution in [-0.2, 0) is 0 Å². The van der Waals surface area contributed by atoms with E-state index in [-0.39, 0.29) is 6.85 Å². The van der Waals surface area contributed by atoms with Gasteiger partial charge in [0, 0.05) is 39.8 Å². The second-order valence-corrected chi connectivity index (χ2v) is 11.6. The van der Waals surface area contributed by atoms with Crippen LogP contribution in [0.4, 0.5) is 11.4 Å². The van der Waals surface area contributed by atoms with E-state index in [0.29, 0.717) is 0 Å². The van der Waals surface area contributed by atoms with Gasteiger partial charge in [-0.2, -0.15) is 0 Å². The quantitative estimate of drug-likeness (QED) is 0.209. The van der Waals surface area contributed by atoms with Crippen LogP contribution in [0.25, 0.3) is 54.3 Å². The standard InChI is InChI=1S/C36H22BN3S/c1-3-11-29-25(9-1)27-18-16-23(31-13-7-8-20-38-31)21-33(27)40-34-22-24(36-39-32-14-5-6-15-35(32)41-36)17-19-28(34)26-10-2-4-12-30(26)37(29)40/h1-22H. The lowest BCUT2D eigenvalue weighted by Crippen LogP contribution is -2.59. The SMILES string of the molecule is c1ccc(-c2ccc3c(c2)N2B(c4ccccc4-3)c3ccccc3-c3ccc(-c4nc5ccccc5s4)cc32)nc1. The monoisotopic (exact) mass is 539 g/mol. The minimum absolute atomic E-state index is 0.0620. The van der Waals surface area contributed by atoms with E-state index in [1.54, 1.807) is 11.3 Å². The maximum Gasteiger partial charge on any atom is 0.329 e. The summed E-state index contributed by atoms with van der Waals surface area (Å²) in [6.45, 7) is 0.0620. The van der Waals surface area contributed by atoms with Gasteiger partial charge in [-0.25, -0.2) is 4.98 Å². The van der Waals surface area contributed by atoms with Crippen molar-refractivity contribution in [3.8, 4) is 44.1 Å². The summed E-state index contributed by atoms with van der Waals surface area (Å²) in [5, 5.41) is 1.05. The molecule has 0 bridgehead atoms. The molecule has 0 fully saturated rings. The lowest BCUT2D eigenvalue weighted by Gasteiger charge is -2.43. The van der Waals surface area contributed by atoms with Gasteiger partial charge in [0.1, 0.15) is 5.01 Å². The third-order valence-corrected chi connectivity index (χ3v) is 9.45. The average Bonchev–Trinajstić information content (AvgIpc) is 3.49. The van der Waals surface area contributed by atoms with E-state index in [1.807, 2.05) is 12.3 Å². The van der Waals surface area contributed by atoms with Crippen LogP contribution < -0.4 is 15.7 Å². The predicted octanol–water partition coefficient (Wildman–Crippen LogP) is 7.93. The van der Waals surface area contributed by atoms with E-state index in [4.69, 9.17) is 4.98 Å². The summed E-state index contributed by atoms with van der Waals surface area (Å²) in [5.41, 5.74) is 14.4. The largest absolute Gasteiger partial charge is 0.376 e. The number of anilines is 2. The van der Waals surface area contributed by atoms with E-state index < -0.39 is 0 Å². The highest BCUT2D eigenvalue weighted by Gasteiger charge is 2.42. The van der Waals surface area contributed by atoms with Gasteiger partial charge in [0.2, 0.25) is 0 Å². The highest BCUT2D eigenvalue weighted by Crippen LogP contribution is 2.48. The molecule has 2 aliphatic heterocycles. The molecule has 41 heavy (non-hydrogen) atoms. The second kappa shape index (κ2) is 8.75. The van der Waals surface area contributed by atoms with Crippen molar-refractivity contribution in [2.45, 2.75) is 0 Å². The third kappa shape index (κ3) is 3.39. The summed E-state index contributed by atoms with van der Waals surface area (Å²) in [5.74, 6) is 0. The first-order valence-corrected chi connectivity index (χ1v) is 14.7. The van der Waals surface area contributed by atoms with Gasteiger partial charge in [-0.05, 0) is 58.5 Å². The maximum atomic E-state index is 5.01. The third-order valence-electron chi connectivity index (χ3n) is 8.37. The molecule has 3 nitrogen and oxygen atoms in total. The van der Waals surface area contributed by atoms with Gasteiger partial charge >= 0.3 is 6.85 Å². The van der Waals surface area contributed by atoms with Crippen molar-refractivity contribution in [1.29, 1.82) is 0 Å². The number of thiazole rings is 1. The molecule has 0 saturated heterocycles. The van der Waals surface area contributed by atoms with Gasteiger partial charge in [-0.15, -0.1) is 11.3 Å². The molecule has 0 N–H and O–H groups in total. The molecule has 0 spiro atoms. The fourth-order valence-corrected chi connectivity index (χ4v) is 7.52. The molecule has 0 aliphatic carbocycles. The van der Waals surface area contributed by atoms with Crippen LogP contribution in [0, 0.1) is 0 Å². The van der Waals surface area contributed by atoms with Crippen molar-refractivity contribution in [3.63, 3.8) is 0 Å². The second-order valence-electron chi connectivity index (χ2n) is 10.6. The number of hydrogen-bond acceptors (Lipinski definition) is 4. The van der Waals surface area contributed by atoms with Crippen LogP contribution in [0.3, 0.4) is 0 Å². The molecule has 0 atom stereocenters. The Hall–Kier alpha value is -5.00. The molecule has 0 saturated carbocycles. The minimum Gasteiger partial charge on any atom is -0.376 e. The zero-order chi connectivity index (χ0) is 26.9. The Kier molecular flexibility index (Phi) is 4.86. The van der Waals surface area contributed by atoms with Gasteiger partial charge in [-0.3, -0.25) is 4.98 Å². The Morgan fingerprint density at radius 1 is 0.561 bits per heavy atom. The van der Waals surface area contributed by atoms with Crippen molar-refractivity contribution in [2.24, 2.45) is 0 Å². The summed E-state index contributed by atoms with van der Waals surface area (Å²) in [6.07, 6.45) is 1.86. The number of fused-ring (bicyclic) bond motifs is 12. The summed E-state index contributed by atoms with van der Waals surface area (Å²) < 4.78 is 1.21. The van der Waals surface area contributed by atoms with Crippen LogP contribution >= 0.6 is 11.3 Å². The lowest BCUT2D eigenvalue weighted by molar-refractivity contribution is 1.31. The van der Waals surface area contributed by atoms with Gasteiger partial charge in [0.05, 0.1) is 15.9 Å². The molecule has 2 aromatic heterocycles. The normalized spacial score (nSPS) is 12.8. The van der Waals surface area contributed by atoms with Gasteiger partial charge in [-0.1, -0.05) is 91.0 Å². The van der Waals surface area contributed by atoms with Crippen LogP contribution in [0.5, 0.6) is 0 Å². The summed E-state index contributed by atoms with van der Waals surface area (Å²) >= 11 is 1.75. The van der Waals surface area contributed by atoms with E-state index in [0.717, 1.165) is 27.3 Å². The Morgan fingerprint density at radius 2 is 1.20 bits per heavy atom. The van der Waals surface area contributed by atoms with Crippen LogP contribution in [0.2, 0.25) is 0 Å². The predicted molar refractivity (Wildman–Crippen MR) is 173 cm³/mol. The summed E-state index contributed by atoms with van der Waals surface area (Å²) in [4.78, 5) is 12.2. The molecular formula is C36H22BN3S. The highest BCUT2D eigenvalue weighted by molar-refractivity contribution is 7.21. The average molecular weight is 539 g/mol. The number of rotatable bonds is 2. The molecule has 7 aromatic rings. The van der Waals surface area contributed by atoms with Gasteiger partial charge in [0.15, 0.2) is 0 Å². The topological polar surface area (TPSA) is 29.0 Å². The van der Waals surface area contributed by atoms with E-state index in [1.165, 1.54) is 49.3 Å². The Morgan fingerprint density at radius 3 is 1.90 bits per heavy atom. The van der Waals surface area contributed by atoms with Crippen molar-refractivity contribution in [2.75, 3.05) is 4.81 Å². The number of benzene rings is 5. The first-order valence-electron chi connectivity index (χ1n) is 13.9. The zero-order valence-corrected chi connectivity index (χ0v) is 22.8. The number of nitrogens with zero attached hydrogens (tertiary/aromatic N) is 3. The van der Waals surface area contributed by atoms with E-state index in [9.17, 15) is 0 Å². The number of aromatic nitrogens is 2. The highest BCUT2D eigenvalue weighted by atomic mass is 32.1. The Bertz CT molecular complexity index is 2100. The van der Waals surface area contributed by atoms with Crippen molar-refractivity contribution >= 4 is 50.7 Å². The van der Waals surface area contributed by atoms with Crippen LogP contribution in [0.15, 0.2) is 134 Å². The molecule has 190 valence electrons. The lowest BCUT2D eigenvalue weighted by atomic mass is 9.43. The molecule has 5 heteroatoms. The molecule has 0 amide bonds. The van der Waals surface area contributed by atoms with Crippen molar-refractivity contribution in [1.82, 2.24) is 9.97 Å². The van der Waals surface area contributed by atoms with Crippen LogP contribution in [0.1, 0.15) is 0 Å². The summed E-state index contributed by atoms with van der Waals surface area (Å²) in [7, 11) is 0. The van der Waals surface area contributed by atoms with E-state index in [2.05, 4.69) is 131 Å². The number of para-hydroxylation sites is 1. The first kappa shape index (κ1) is 22.8. The molecule has 2 aliphatic rings. The first-order chi connectivity index (χ1) is 20.3. The molecule has 9 rings (SSSR count). The van der Waals surface area contributed by atoms with Crippen LogP contribution in [-0.4, -0.2) is 16.8 Å². The smallest absolute Gasteiger partial charge is 0.329 e. The maximum absolute atomic E-state index is 5.01. The molecule has 0 radical (unpaired) electrons. The van der Waals surface area contributed by atoms with Gasteiger partial charge < -0.3 is 4.81 Å². The number of hydrogen-bond donors (Lipinski definition) is 0. The zero-order valence-electron chi connectivity index (χ0n) is 22.0.